The van der Waals surface area contributed by atoms with Crippen molar-refractivity contribution in [2.75, 3.05) is 0 Å². The molecule has 0 aromatic heterocycles. The van der Waals surface area contributed by atoms with Crippen LogP contribution in [0.3, 0.4) is 0 Å². The standard InChI is InChI=1S/C17H17ClFNO3/c1-10(15(21)11-6-8-12(19)9-7-11)20-17(23)16(22)13-4-2-3-5-14(13)18/h2-10,15-16,21-22H,1H3,(H,20,23)/t10-,15+,16-/m1/s1. The highest BCUT2D eigenvalue weighted by Crippen LogP contribution is 2.23. The molecule has 3 atom stereocenters. The lowest BCUT2D eigenvalue weighted by molar-refractivity contribution is -0.131. The minimum Gasteiger partial charge on any atom is -0.386 e. The smallest absolute Gasteiger partial charge is 0.253 e. The monoisotopic (exact) mass is 337 g/mol. The molecule has 0 aliphatic carbocycles. The van der Waals surface area contributed by atoms with Crippen molar-refractivity contribution in [2.45, 2.75) is 25.2 Å². The molecule has 0 aliphatic rings. The van der Waals surface area contributed by atoms with Crippen LogP contribution in [0, 0.1) is 5.82 Å². The van der Waals surface area contributed by atoms with Crippen LogP contribution >= 0.6 is 11.6 Å². The fourth-order valence-corrected chi connectivity index (χ4v) is 2.41. The summed E-state index contributed by atoms with van der Waals surface area (Å²) in [5, 5.41) is 23.1. The van der Waals surface area contributed by atoms with Gasteiger partial charge in [0.05, 0.1) is 12.1 Å². The van der Waals surface area contributed by atoms with Gasteiger partial charge < -0.3 is 15.5 Å². The van der Waals surface area contributed by atoms with Crippen molar-refractivity contribution in [1.29, 1.82) is 0 Å². The number of aliphatic hydroxyl groups excluding tert-OH is 2. The van der Waals surface area contributed by atoms with Crippen molar-refractivity contribution in [1.82, 2.24) is 5.32 Å². The molecule has 4 nitrogen and oxygen atoms in total. The van der Waals surface area contributed by atoms with Crippen LogP contribution in [0.15, 0.2) is 48.5 Å². The van der Waals surface area contributed by atoms with E-state index in [1.807, 2.05) is 0 Å². The third-order valence-corrected chi connectivity index (χ3v) is 3.85. The Morgan fingerprint density at radius 3 is 2.35 bits per heavy atom. The average Bonchev–Trinajstić information content (AvgIpc) is 2.54. The fraction of sp³-hybridized carbons (Fsp3) is 0.235. The van der Waals surface area contributed by atoms with Crippen LogP contribution in [0.25, 0.3) is 0 Å². The summed E-state index contributed by atoms with van der Waals surface area (Å²) in [6.45, 7) is 1.59. The first-order valence-electron chi connectivity index (χ1n) is 7.06. The number of carbonyl (C=O) groups excluding carboxylic acids is 1. The van der Waals surface area contributed by atoms with Crippen molar-refractivity contribution in [3.63, 3.8) is 0 Å². The Labute approximate surface area is 138 Å². The lowest BCUT2D eigenvalue weighted by Gasteiger charge is -2.22. The second kappa shape index (κ2) is 7.55. The molecule has 3 N–H and O–H groups in total. The van der Waals surface area contributed by atoms with Crippen LogP contribution < -0.4 is 5.32 Å². The molecule has 23 heavy (non-hydrogen) atoms. The number of hydrogen-bond acceptors (Lipinski definition) is 3. The fourth-order valence-electron chi connectivity index (χ4n) is 2.17. The zero-order chi connectivity index (χ0) is 17.0. The molecular formula is C17H17ClFNO3. The number of aliphatic hydroxyl groups is 2. The molecule has 2 rings (SSSR count). The van der Waals surface area contributed by atoms with E-state index < -0.39 is 30.0 Å². The van der Waals surface area contributed by atoms with Gasteiger partial charge in [0.2, 0.25) is 0 Å². The van der Waals surface area contributed by atoms with Gasteiger partial charge in [0.15, 0.2) is 6.10 Å². The molecule has 0 heterocycles. The van der Waals surface area contributed by atoms with Crippen LogP contribution in [0.4, 0.5) is 4.39 Å². The number of nitrogens with one attached hydrogen (secondary N) is 1. The SMILES string of the molecule is C[C@@H](NC(=O)[C@H](O)c1ccccc1Cl)[C@H](O)c1ccc(F)cc1. The Morgan fingerprint density at radius 2 is 1.74 bits per heavy atom. The average molecular weight is 338 g/mol. The second-order valence-electron chi connectivity index (χ2n) is 5.22. The molecule has 0 spiro atoms. The molecule has 1 amide bonds. The van der Waals surface area contributed by atoms with E-state index in [9.17, 15) is 19.4 Å². The Kier molecular flexibility index (Phi) is 5.71. The lowest BCUT2D eigenvalue weighted by atomic mass is 10.0. The predicted octanol–water partition coefficient (Wildman–Crippen LogP) is 2.75. The van der Waals surface area contributed by atoms with Gasteiger partial charge in [-0.1, -0.05) is 41.9 Å². The number of amides is 1. The number of hydrogen-bond donors (Lipinski definition) is 3. The van der Waals surface area contributed by atoms with E-state index in [1.54, 1.807) is 31.2 Å². The summed E-state index contributed by atoms with van der Waals surface area (Å²) in [6, 6.07) is 11.1. The van der Waals surface area contributed by atoms with Gasteiger partial charge in [0.25, 0.3) is 5.91 Å². The zero-order valence-electron chi connectivity index (χ0n) is 12.4. The molecule has 6 heteroatoms. The van der Waals surface area contributed by atoms with Crippen molar-refractivity contribution in [3.05, 3.63) is 70.5 Å². The maximum atomic E-state index is 12.9. The Bertz CT molecular complexity index is 678. The summed E-state index contributed by atoms with van der Waals surface area (Å²) in [6.07, 6.45) is -2.47. The maximum absolute atomic E-state index is 12.9. The molecule has 2 aromatic carbocycles. The third-order valence-electron chi connectivity index (χ3n) is 3.50. The van der Waals surface area contributed by atoms with E-state index in [1.165, 1.54) is 24.3 Å². The van der Waals surface area contributed by atoms with Gasteiger partial charge >= 0.3 is 0 Å². The zero-order valence-corrected chi connectivity index (χ0v) is 13.2. The van der Waals surface area contributed by atoms with E-state index >= 15 is 0 Å². The normalized spacial score (nSPS) is 14.8. The molecular weight excluding hydrogens is 321 g/mol. The van der Waals surface area contributed by atoms with Crippen molar-refractivity contribution in [3.8, 4) is 0 Å². The van der Waals surface area contributed by atoms with Crippen LogP contribution in [0.2, 0.25) is 5.02 Å². The van der Waals surface area contributed by atoms with Crippen LogP contribution in [0.5, 0.6) is 0 Å². The van der Waals surface area contributed by atoms with Gasteiger partial charge in [-0.3, -0.25) is 4.79 Å². The minimum absolute atomic E-state index is 0.280. The highest BCUT2D eigenvalue weighted by atomic mass is 35.5. The van der Waals surface area contributed by atoms with Gasteiger partial charge in [-0.25, -0.2) is 4.39 Å². The number of carbonyl (C=O) groups is 1. The summed E-state index contributed by atoms with van der Waals surface area (Å²) >= 11 is 5.95. The highest BCUT2D eigenvalue weighted by molar-refractivity contribution is 6.31. The van der Waals surface area contributed by atoms with Gasteiger partial charge in [-0.2, -0.15) is 0 Å². The molecule has 0 fully saturated rings. The first kappa shape index (κ1) is 17.4. The van der Waals surface area contributed by atoms with E-state index in [0.29, 0.717) is 5.56 Å². The van der Waals surface area contributed by atoms with Crippen molar-refractivity contribution < 1.29 is 19.4 Å². The molecule has 0 saturated heterocycles. The maximum Gasteiger partial charge on any atom is 0.253 e. The molecule has 0 aliphatic heterocycles. The second-order valence-corrected chi connectivity index (χ2v) is 5.62. The number of benzene rings is 2. The third kappa shape index (κ3) is 4.28. The van der Waals surface area contributed by atoms with Crippen molar-refractivity contribution >= 4 is 17.5 Å². The van der Waals surface area contributed by atoms with Gasteiger partial charge in [0.1, 0.15) is 5.82 Å². The first-order valence-corrected chi connectivity index (χ1v) is 7.44. The molecule has 122 valence electrons. The summed E-state index contributed by atoms with van der Waals surface area (Å²) in [5.41, 5.74) is 0.751. The van der Waals surface area contributed by atoms with Crippen molar-refractivity contribution in [2.24, 2.45) is 0 Å². The predicted molar refractivity (Wildman–Crippen MR) is 85.4 cm³/mol. The molecule has 0 bridgehead atoms. The largest absolute Gasteiger partial charge is 0.386 e. The van der Waals surface area contributed by atoms with E-state index in [0.717, 1.165) is 0 Å². The van der Waals surface area contributed by atoms with Gasteiger partial charge in [-0.05, 0) is 30.7 Å². The van der Waals surface area contributed by atoms with E-state index in [-0.39, 0.29) is 10.6 Å². The summed E-state index contributed by atoms with van der Waals surface area (Å²) in [4.78, 5) is 12.1. The Balaban J connectivity index is 2.04. The Hall–Kier alpha value is -1.95. The van der Waals surface area contributed by atoms with Crippen LogP contribution in [-0.2, 0) is 4.79 Å². The molecule has 0 radical (unpaired) electrons. The summed E-state index contributed by atoms with van der Waals surface area (Å²) < 4.78 is 12.9. The number of halogens is 2. The molecule has 0 unspecified atom stereocenters. The van der Waals surface area contributed by atoms with Gasteiger partial charge in [-0.15, -0.1) is 0 Å². The molecule has 2 aromatic rings. The molecule has 0 saturated carbocycles. The van der Waals surface area contributed by atoms with Crippen LogP contribution in [0.1, 0.15) is 30.3 Å². The first-order chi connectivity index (χ1) is 10.9. The topological polar surface area (TPSA) is 69.6 Å². The van der Waals surface area contributed by atoms with E-state index in [4.69, 9.17) is 11.6 Å². The lowest BCUT2D eigenvalue weighted by Crippen LogP contribution is -2.40. The van der Waals surface area contributed by atoms with Crippen LogP contribution in [-0.4, -0.2) is 22.2 Å². The summed E-state index contributed by atoms with van der Waals surface area (Å²) in [5.74, 6) is -1.08. The Morgan fingerprint density at radius 1 is 1.13 bits per heavy atom. The minimum atomic E-state index is -1.44. The number of rotatable bonds is 5. The van der Waals surface area contributed by atoms with E-state index in [2.05, 4.69) is 5.32 Å². The quantitative estimate of drug-likeness (QED) is 0.785. The summed E-state index contributed by atoms with van der Waals surface area (Å²) in [7, 11) is 0. The van der Waals surface area contributed by atoms with Gasteiger partial charge in [0, 0.05) is 10.6 Å². The highest BCUT2D eigenvalue weighted by Gasteiger charge is 2.24.